The Bertz CT molecular complexity index is 1410. The van der Waals surface area contributed by atoms with Crippen LogP contribution in [-0.2, 0) is 31.4 Å². The fourth-order valence-electron chi connectivity index (χ4n) is 6.45. The van der Waals surface area contributed by atoms with Crippen LogP contribution in [0.1, 0.15) is 55.3 Å². The lowest BCUT2D eigenvalue weighted by atomic mass is 9.63. The summed E-state index contributed by atoms with van der Waals surface area (Å²) in [6.07, 6.45) is 7.00. The van der Waals surface area contributed by atoms with Gasteiger partial charge in [-0.25, -0.2) is 4.98 Å². The Hall–Kier alpha value is -3.20. The molecule has 1 amide bonds. The molecule has 1 saturated carbocycles. The van der Waals surface area contributed by atoms with E-state index in [1.54, 1.807) is 0 Å². The first kappa shape index (κ1) is 24.2. The van der Waals surface area contributed by atoms with Gasteiger partial charge in [-0.3, -0.25) is 19.1 Å². The number of nitrogens with zero attached hydrogens (tertiary/aromatic N) is 7. The summed E-state index contributed by atoms with van der Waals surface area (Å²) in [6.45, 7) is 10.3. The van der Waals surface area contributed by atoms with E-state index in [1.165, 1.54) is 28.1 Å². The molecule has 9 heteroatoms. The van der Waals surface area contributed by atoms with Crippen molar-refractivity contribution in [2.45, 2.75) is 71.5 Å². The third-order valence-electron chi connectivity index (χ3n) is 8.69. The zero-order chi connectivity index (χ0) is 25.9. The Kier molecular flexibility index (Phi) is 5.86. The molecule has 0 atom stereocenters. The second-order valence-corrected chi connectivity index (χ2v) is 11.3. The highest BCUT2D eigenvalue weighted by Gasteiger charge is 2.46. The molecule has 9 nitrogen and oxygen atoms in total. The molecule has 0 saturated heterocycles. The van der Waals surface area contributed by atoms with E-state index in [1.807, 2.05) is 25.0 Å². The lowest BCUT2D eigenvalue weighted by Gasteiger charge is -2.50. The number of hydrogen-bond donors (Lipinski definition) is 1. The summed E-state index contributed by atoms with van der Waals surface area (Å²) in [7, 11) is 3.94. The fraction of sp³-hybridized carbons (Fsp3) is 0.571. The number of anilines is 1. The van der Waals surface area contributed by atoms with Crippen molar-refractivity contribution < 1.29 is 4.79 Å². The van der Waals surface area contributed by atoms with Crippen molar-refractivity contribution in [1.82, 2.24) is 34.8 Å². The van der Waals surface area contributed by atoms with Crippen LogP contribution in [0.4, 0.5) is 5.69 Å². The maximum absolute atomic E-state index is 12.5. The van der Waals surface area contributed by atoms with Gasteiger partial charge in [0.25, 0.3) is 0 Å². The van der Waals surface area contributed by atoms with Crippen molar-refractivity contribution in [3.05, 3.63) is 46.1 Å². The summed E-state index contributed by atoms with van der Waals surface area (Å²) in [4.78, 5) is 21.7. The highest BCUT2D eigenvalue weighted by molar-refractivity contribution is 5.89. The molecule has 37 heavy (non-hydrogen) atoms. The van der Waals surface area contributed by atoms with Crippen molar-refractivity contribution in [2.24, 2.45) is 7.05 Å². The molecule has 0 aromatic carbocycles. The summed E-state index contributed by atoms with van der Waals surface area (Å²) >= 11 is 0. The van der Waals surface area contributed by atoms with Gasteiger partial charge in [-0.05, 0) is 64.8 Å². The van der Waals surface area contributed by atoms with Crippen molar-refractivity contribution >= 4 is 22.6 Å². The van der Waals surface area contributed by atoms with Gasteiger partial charge in [0, 0.05) is 49.0 Å². The number of fused-ring (bicyclic) bond motifs is 4. The second kappa shape index (κ2) is 8.97. The molecule has 4 aliphatic rings. The molecule has 196 valence electrons. The van der Waals surface area contributed by atoms with Crippen LogP contribution in [-0.4, -0.2) is 67.6 Å². The van der Waals surface area contributed by atoms with Gasteiger partial charge in [0.2, 0.25) is 5.91 Å². The van der Waals surface area contributed by atoms with Crippen molar-refractivity contribution in [3.63, 3.8) is 0 Å². The average molecular weight is 503 g/mol. The molecule has 1 N–H and O–H groups in total. The minimum absolute atomic E-state index is 0.00916. The molecule has 4 heterocycles. The van der Waals surface area contributed by atoms with Crippen LogP contribution in [0, 0.1) is 13.8 Å². The predicted octanol–water partition coefficient (Wildman–Crippen LogP) is 3.04. The fourth-order valence-corrected chi connectivity index (χ4v) is 6.45. The average Bonchev–Trinajstić information content (AvgIpc) is 3.37. The highest BCUT2D eigenvalue weighted by Crippen LogP contribution is 2.49. The number of rotatable bonds is 7. The number of pyridine rings is 1. The topological polar surface area (TPSA) is 84.1 Å². The molecule has 3 aromatic rings. The van der Waals surface area contributed by atoms with Crippen LogP contribution in [0.3, 0.4) is 0 Å². The zero-order valence-corrected chi connectivity index (χ0v) is 22.8. The lowest BCUT2D eigenvalue weighted by Crippen LogP contribution is -2.58. The Balaban J connectivity index is 1.17. The van der Waals surface area contributed by atoms with Crippen LogP contribution >= 0.6 is 0 Å². The van der Waals surface area contributed by atoms with Gasteiger partial charge in [0.05, 0.1) is 36.1 Å². The van der Waals surface area contributed by atoms with Crippen molar-refractivity contribution in [3.8, 4) is 0 Å². The van der Waals surface area contributed by atoms with Gasteiger partial charge in [-0.15, -0.1) is 0 Å². The first-order chi connectivity index (χ1) is 17.7. The van der Waals surface area contributed by atoms with Gasteiger partial charge in [0.15, 0.2) is 5.65 Å². The van der Waals surface area contributed by atoms with Gasteiger partial charge >= 0.3 is 0 Å². The molecule has 2 bridgehead atoms. The molecule has 0 radical (unpaired) electrons. The van der Waals surface area contributed by atoms with Gasteiger partial charge in [0.1, 0.15) is 0 Å². The monoisotopic (exact) mass is 502 g/mol. The first-order valence-electron chi connectivity index (χ1n) is 13.5. The molecule has 3 aliphatic carbocycles. The number of allylic oxidation sites excluding steroid dienone is 1. The smallest absolute Gasteiger partial charge is 0.234 e. The van der Waals surface area contributed by atoms with E-state index in [2.05, 4.69) is 51.7 Å². The molecule has 0 spiro atoms. The summed E-state index contributed by atoms with van der Waals surface area (Å²) in [5, 5.41) is 13.9. The van der Waals surface area contributed by atoms with E-state index >= 15 is 0 Å². The van der Waals surface area contributed by atoms with Crippen molar-refractivity contribution in [1.29, 1.82) is 0 Å². The standard InChI is InChI=1S/C28H38N8O/c1-6-33(4)17-26(37)31-28-9-7-20(21(12-28)13-28)15-36-24-8-10-35(16-23(24)19(3)32-36)25-11-18(2)30-27-22(25)14-29-34(27)5/h11,14H,6-10,12-13,15-17H2,1-5H3,(H,31,37). The Morgan fingerprint density at radius 1 is 1.24 bits per heavy atom. The molecule has 1 aliphatic heterocycles. The van der Waals surface area contributed by atoms with Gasteiger partial charge < -0.3 is 10.2 Å². The predicted molar refractivity (Wildman–Crippen MR) is 145 cm³/mol. The molecule has 1 fully saturated rings. The number of amides is 1. The maximum atomic E-state index is 12.5. The van der Waals surface area contributed by atoms with Crippen molar-refractivity contribution in [2.75, 3.05) is 31.6 Å². The minimum Gasteiger partial charge on any atom is -0.366 e. The van der Waals surface area contributed by atoms with E-state index in [0.717, 1.165) is 80.7 Å². The van der Waals surface area contributed by atoms with Crippen LogP contribution in [0.15, 0.2) is 23.4 Å². The van der Waals surface area contributed by atoms with Crippen LogP contribution in [0.5, 0.6) is 0 Å². The Labute approximate surface area is 218 Å². The third-order valence-corrected chi connectivity index (χ3v) is 8.69. The molecule has 3 aromatic heterocycles. The second-order valence-electron chi connectivity index (χ2n) is 11.3. The molecular formula is C28H38N8O. The summed E-state index contributed by atoms with van der Waals surface area (Å²) in [5.74, 6) is 0.154. The first-order valence-corrected chi connectivity index (χ1v) is 13.5. The number of aromatic nitrogens is 5. The van der Waals surface area contributed by atoms with Gasteiger partial charge in [-0.1, -0.05) is 12.5 Å². The lowest BCUT2D eigenvalue weighted by molar-refractivity contribution is -0.124. The van der Waals surface area contributed by atoms with E-state index < -0.39 is 0 Å². The number of nitrogens with one attached hydrogen (secondary N) is 1. The molecule has 7 rings (SSSR count). The third kappa shape index (κ3) is 4.23. The SMILES string of the molecule is CCN(C)CC(=O)NC12CCC(Cn3nc(C)c4c3CCN(c3cc(C)nc5c3cnn5C)C4)=C(C1)C2. The molecule has 0 unspecified atom stereocenters. The van der Waals surface area contributed by atoms with E-state index in [9.17, 15) is 4.79 Å². The van der Waals surface area contributed by atoms with Crippen LogP contribution in [0.2, 0.25) is 0 Å². The van der Waals surface area contributed by atoms with Crippen LogP contribution in [0.25, 0.3) is 11.0 Å². The van der Waals surface area contributed by atoms with E-state index in [-0.39, 0.29) is 11.4 Å². The highest BCUT2D eigenvalue weighted by atomic mass is 16.2. The number of hydrogen-bond acceptors (Lipinski definition) is 6. The Morgan fingerprint density at radius 2 is 2.05 bits per heavy atom. The van der Waals surface area contributed by atoms with Crippen LogP contribution < -0.4 is 10.2 Å². The maximum Gasteiger partial charge on any atom is 0.234 e. The largest absolute Gasteiger partial charge is 0.366 e. The van der Waals surface area contributed by atoms with Gasteiger partial charge in [-0.2, -0.15) is 10.2 Å². The molecular weight excluding hydrogens is 464 g/mol. The summed E-state index contributed by atoms with van der Waals surface area (Å²) < 4.78 is 4.12. The quantitative estimate of drug-likeness (QED) is 0.500. The number of carbonyl (C=O) groups is 1. The number of carbonyl (C=O) groups excluding carboxylic acids is 1. The van der Waals surface area contributed by atoms with E-state index in [0.29, 0.717) is 6.54 Å². The Morgan fingerprint density at radius 3 is 2.78 bits per heavy atom. The van der Waals surface area contributed by atoms with E-state index in [4.69, 9.17) is 10.1 Å². The minimum atomic E-state index is -0.00916. The number of likely N-dealkylation sites (N-methyl/N-ethyl adjacent to an activating group) is 1. The normalized spacial score (nSPS) is 18.4. The number of aryl methyl sites for hydroxylation is 3. The zero-order valence-electron chi connectivity index (χ0n) is 22.8. The summed E-state index contributed by atoms with van der Waals surface area (Å²) in [6, 6.07) is 2.19. The summed E-state index contributed by atoms with van der Waals surface area (Å²) in [5.41, 5.74) is 10.1.